The highest BCUT2D eigenvalue weighted by Crippen LogP contribution is 2.31. The van der Waals surface area contributed by atoms with Gasteiger partial charge in [0, 0.05) is 10.9 Å². The van der Waals surface area contributed by atoms with Gasteiger partial charge in [-0.2, -0.15) is 0 Å². The van der Waals surface area contributed by atoms with Crippen molar-refractivity contribution < 1.29 is 23.8 Å². The van der Waals surface area contributed by atoms with Crippen LogP contribution in [-0.4, -0.2) is 35.6 Å². The van der Waals surface area contributed by atoms with Crippen LogP contribution in [-0.2, 0) is 9.59 Å². The Bertz CT molecular complexity index is 725. The van der Waals surface area contributed by atoms with E-state index in [4.69, 9.17) is 14.3 Å². The number of ether oxygens (including phenoxy) is 1. The number of nitrogens with one attached hydrogen (secondary N) is 1. The molecule has 0 spiro atoms. The minimum absolute atomic E-state index is 0.0920. The Morgan fingerprint density at radius 1 is 1.39 bits per heavy atom. The van der Waals surface area contributed by atoms with Gasteiger partial charge in [-0.15, -0.1) is 11.8 Å². The number of amides is 1. The highest BCUT2D eigenvalue weighted by atomic mass is 32.2. The largest absolute Gasteiger partial charge is 0.497 e. The molecule has 2 rings (SSSR count). The summed E-state index contributed by atoms with van der Waals surface area (Å²) in [6.07, 6.45) is 0. The number of rotatable bonds is 7. The topological polar surface area (TPSA) is 88.8 Å². The fourth-order valence-corrected chi connectivity index (χ4v) is 2.88. The highest BCUT2D eigenvalue weighted by Gasteiger charge is 2.19. The van der Waals surface area contributed by atoms with Crippen molar-refractivity contribution in [2.75, 3.05) is 18.6 Å². The van der Waals surface area contributed by atoms with Crippen LogP contribution in [0.5, 0.6) is 5.75 Å². The molecule has 0 radical (unpaired) electrons. The second-order valence-electron chi connectivity index (χ2n) is 5.13. The normalized spacial score (nSPS) is 12.1. The lowest BCUT2D eigenvalue weighted by atomic mass is 10.1. The Morgan fingerprint density at radius 3 is 2.78 bits per heavy atom. The fraction of sp³-hybridized carbons (Fsp3) is 0.375. The number of benzene rings is 1. The number of aliphatic carboxylic acids is 1. The van der Waals surface area contributed by atoms with Crippen LogP contribution in [0.25, 0.3) is 11.0 Å². The molecule has 0 fully saturated rings. The summed E-state index contributed by atoms with van der Waals surface area (Å²) in [6, 6.07) is 5.25. The van der Waals surface area contributed by atoms with E-state index in [0.717, 1.165) is 34.0 Å². The lowest BCUT2D eigenvalue weighted by Gasteiger charge is -2.12. The number of fused-ring (bicyclic) bond motifs is 1. The number of thioether (sulfide) groups is 1. The molecule has 0 aliphatic carbocycles. The molecule has 1 aromatic carbocycles. The molecule has 1 aromatic heterocycles. The lowest BCUT2D eigenvalue weighted by Crippen LogP contribution is -2.28. The van der Waals surface area contributed by atoms with Gasteiger partial charge in [-0.25, -0.2) is 0 Å². The van der Waals surface area contributed by atoms with Crippen molar-refractivity contribution >= 4 is 34.6 Å². The molecular formula is C16H19NO5S. The summed E-state index contributed by atoms with van der Waals surface area (Å²) in [6.45, 7) is 3.77. The number of methoxy groups -OCH3 is 1. The summed E-state index contributed by atoms with van der Waals surface area (Å²) < 4.78 is 11.0. The lowest BCUT2D eigenvalue weighted by molar-refractivity contribution is -0.133. The molecule has 2 N–H and O–H groups in total. The second-order valence-corrected chi connectivity index (χ2v) is 6.11. The first-order chi connectivity index (χ1) is 10.9. The molecular weight excluding hydrogens is 318 g/mol. The molecule has 0 saturated carbocycles. The van der Waals surface area contributed by atoms with Gasteiger partial charge in [0.25, 0.3) is 0 Å². The molecule has 0 aliphatic heterocycles. The molecule has 2 aromatic rings. The minimum Gasteiger partial charge on any atom is -0.497 e. The molecule has 124 valence electrons. The van der Waals surface area contributed by atoms with E-state index in [1.807, 2.05) is 32.0 Å². The molecule has 0 aliphatic rings. The van der Waals surface area contributed by atoms with Crippen LogP contribution in [0.4, 0.5) is 0 Å². The Hall–Kier alpha value is -2.15. The number of aryl methyl sites for hydroxylation is 1. The average molecular weight is 337 g/mol. The number of carboxylic acid groups (broad SMARTS) is 1. The standard InChI is InChI=1S/C16H19NO5S/c1-9-12-6-11(21-3)4-5-13(12)22-16(9)10(2)17-14(18)7-23-8-15(19)20/h4-6,10H,7-8H2,1-3H3,(H,17,18)(H,19,20). The van der Waals surface area contributed by atoms with Gasteiger partial charge in [0.15, 0.2) is 0 Å². The zero-order valence-electron chi connectivity index (χ0n) is 13.2. The SMILES string of the molecule is COc1ccc2oc(C(C)NC(=O)CSCC(=O)O)c(C)c2c1. The Balaban J connectivity index is 2.08. The molecule has 1 heterocycles. The molecule has 1 unspecified atom stereocenters. The van der Waals surface area contributed by atoms with Crippen LogP contribution in [0.1, 0.15) is 24.3 Å². The molecule has 1 amide bonds. The zero-order valence-corrected chi connectivity index (χ0v) is 14.0. The number of hydrogen-bond donors (Lipinski definition) is 2. The van der Waals surface area contributed by atoms with Crippen LogP contribution in [0.2, 0.25) is 0 Å². The number of hydrogen-bond acceptors (Lipinski definition) is 5. The summed E-state index contributed by atoms with van der Waals surface area (Å²) in [7, 11) is 1.61. The quantitative estimate of drug-likeness (QED) is 0.807. The Labute approximate surface area is 138 Å². The first-order valence-corrected chi connectivity index (χ1v) is 8.23. The smallest absolute Gasteiger partial charge is 0.313 e. The predicted molar refractivity (Wildman–Crippen MR) is 89.0 cm³/mol. The van der Waals surface area contributed by atoms with Crippen molar-refractivity contribution in [1.82, 2.24) is 5.32 Å². The maximum absolute atomic E-state index is 11.8. The van der Waals surface area contributed by atoms with Crippen molar-refractivity contribution in [3.63, 3.8) is 0 Å². The number of carbonyl (C=O) groups is 2. The molecule has 0 bridgehead atoms. The van der Waals surface area contributed by atoms with Crippen molar-refractivity contribution in [2.24, 2.45) is 0 Å². The summed E-state index contributed by atoms with van der Waals surface area (Å²) in [5, 5.41) is 12.3. The number of furan rings is 1. The van der Waals surface area contributed by atoms with Crippen LogP contribution in [0.15, 0.2) is 22.6 Å². The van der Waals surface area contributed by atoms with Gasteiger partial charge in [0.1, 0.15) is 17.1 Å². The van der Waals surface area contributed by atoms with E-state index < -0.39 is 5.97 Å². The van der Waals surface area contributed by atoms with Crippen LogP contribution >= 0.6 is 11.8 Å². The maximum Gasteiger partial charge on any atom is 0.313 e. The van der Waals surface area contributed by atoms with Crippen molar-refractivity contribution in [3.05, 3.63) is 29.5 Å². The van der Waals surface area contributed by atoms with Gasteiger partial charge in [-0.1, -0.05) is 0 Å². The summed E-state index contributed by atoms with van der Waals surface area (Å²) in [4.78, 5) is 22.3. The van der Waals surface area contributed by atoms with E-state index in [1.165, 1.54) is 0 Å². The molecule has 23 heavy (non-hydrogen) atoms. The molecule has 0 saturated heterocycles. The third kappa shape index (κ3) is 4.19. The first kappa shape index (κ1) is 17.2. The van der Waals surface area contributed by atoms with Gasteiger partial charge in [0.05, 0.1) is 24.7 Å². The van der Waals surface area contributed by atoms with Crippen LogP contribution in [0.3, 0.4) is 0 Å². The first-order valence-electron chi connectivity index (χ1n) is 7.08. The summed E-state index contributed by atoms with van der Waals surface area (Å²) >= 11 is 1.06. The van der Waals surface area contributed by atoms with E-state index in [9.17, 15) is 9.59 Å². The number of carboxylic acids is 1. The fourth-order valence-electron chi connectivity index (χ4n) is 2.34. The van der Waals surface area contributed by atoms with Gasteiger partial charge in [0.2, 0.25) is 5.91 Å². The van der Waals surface area contributed by atoms with Gasteiger partial charge < -0.3 is 19.6 Å². The summed E-state index contributed by atoms with van der Waals surface area (Å²) in [5.74, 6) is 0.285. The highest BCUT2D eigenvalue weighted by molar-refractivity contribution is 8.00. The third-order valence-electron chi connectivity index (χ3n) is 3.41. The van der Waals surface area contributed by atoms with Gasteiger partial charge >= 0.3 is 5.97 Å². The second kappa shape index (κ2) is 7.41. The van der Waals surface area contributed by atoms with E-state index in [1.54, 1.807) is 7.11 Å². The van der Waals surface area contributed by atoms with E-state index in [2.05, 4.69) is 5.32 Å². The predicted octanol–water partition coefficient (Wildman–Crippen LogP) is 2.74. The van der Waals surface area contributed by atoms with E-state index in [0.29, 0.717) is 5.76 Å². The van der Waals surface area contributed by atoms with Crippen LogP contribution in [0, 0.1) is 6.92 Å². The third-order valence-corrected chi connectivity index (χ3v) is 4.33. The Kier molecular flexibility index (Phi) is 5.54. The summed E-state index contributed by atoms with van der Waals surface area (Å²) in [5.41, 5.74) is 1.68. The number of carbonyl (C=O) groups excluding carboxylic acids is 1. The van der Waals surface area contributed by atoms with Crippen LogP contribution < -0.4 is 10.1 Å². The minimum atomic E-state index is -0.932. The van der Waals surface area contributed by atoms with Crippen molar-refractivity contribution in [3.8, 4) is 5.75 Å². The van der Waals surface area contributed by atoms with Crippen molar-refractivity contribution in [1.29, 1.82) is 0 Å². The van der Waals surface area contributed by atoms with Crippen molar-refractivity contribution in [2.45, 2.75) is 19.9 Å². The Morgan fingerprint density at radius 2 is 2.13 bits per heavy atom. The van der Waals surface area contributed by atoms with E-state index in [-0.39, 0.29) is 23.5 Å². The monoisotopic (exact) mass is 337 g/mol. The molecule has 1 atom stereocenters. The van der Waals surface area contributed by atoms with E-state index >= 15 is 0 Å². The molecule has 6 nitrogen and oxygen atoms in total. The van der Waals surface area contributed by atoms with Gasteiger partial charge in [-0.3, -0.25) is 9.59 Å². The molecule has 7 heteroatoms. The average Bonchev–Trinajstić information content (AvgIpc) is 2.83. The van der Waals surface area contributed by atoms with Gasteiger partial charge in [-0.05, 0) is 32.0 Å². The maximum atomic E-state index is 11.8. The zero-order chi connectivity index (χ0) is 17.0.